The van der Waals surface area contributed by atoms with Crippen molar-refractivity contribution in [3.63, 3.8) is 0 Å². The van der Waals surface area contributed by atoms with Crippen molar-refractivity contribution >= 4 is 11.9 Å². The van der Waals surface area contributed by atoms with Crippen LogP contribution in [0.5, 0.6) is 0 Å². The van der Waals surface area contributed by atoms with E-state index in [1.54, 1.807) is 4.90 Å². The van der Waals surface area contributed by atoms with E-state index < -0.39 is 5.60 Å². The summed E-state index contributed by atoms with van der Waals surface area (Å²) in [4.78, 5) is 26.3. The Morgan fingerprint density at radius 3 is 2.14 bits per heavy atom. The first-order chi connectivity index (χ1) is 9.70. The normalized spacial score (nSPS) is 21.8. The molecule has 128 valence electrons. The zero-order valence-electron chi connectivity index (χ0n) is 15.6. The first-order valence-corrected chi connectivity index (χ1v) is 8.22. The first kappa shape index (κ1) is 19.0. The molecule has 22 heavy (non-hydrogen) atoms. The molecular weight excluding hydrogens is 278 g/mol. The Balaban J connectivity index is 2.66. The van der Waals surface area contributed by atoms with Gasteiger partial charge in [0.1, 0.15) is 11.4 Å². The highest BCUT2D eigenvalue weighted by atomic mass is 16.6. The number of likely N-dealkylation sites (tertiary alicyclic amines) is 1. The van der Waals surface area contributed by atoms with Gasteiger partial charge in [-0.1, -0.05) is 20.8 Å². The third-order valence-electron chi connectivity index (χ3n) is 3.82. The molecule has 1 atom stereocenters. The lowest BCUT2D eigenvalue weighted by molar-refractivity contribution is -0.121. The Morgan fingerprint density at radius 2 is 1.68 bits per heavy atom. The van der Waals surface area contributed by atoms with Gasteiger partial charge in [-0.3, -0.25) is 4.79 Å². The fourth-order valence-electron chi connectivity index (χ4n) is 3.15. The van der Waals surface area contributed by atoms with E-state index in [0.29, 0.717) is 25.2 Å². The smallest absolute Gasteiger partial charge is 0.410 e. The summed E-state index contributed by atoms with van der Waals surface area (Å²) in [6, 6.07) is 0. The molecule has 1 aliphatic rings. The van der Waals surface area contributed by atoms with Crippen molar-refractivity contribution in [3.8, 4) is 0 Å². The van der Waals surface area contributed by atoms with Gasteiger partial charge >= 0.3 is 6.09 Å². The highest BCUT2D eigenvalue weighted by Gasteiger charge is 2.43. The quantitative estimate of drug-likeness (QED) is 0.775. The molecule has 0 aliphatic carbocycles. The summed E-state index contributed by atoms with van der Waals surface area (Å²) in [7, 11) is 0. The molecule has 0 unspecified atom stereocenters. The predicted octanol–water partition coefficient (Wildman–Crippen LogP) is 4.42. The second kappa shape index (κ2) is 6.21. The summed E-state index contributed by atoms with van der Waals surface area (Å²) in [5.74, 6) is 0.525. The van der Waals surface area contributed by atoms with Crippen molar-refractivity contribution in [1.29, 1.82) is 0 Å². The fraction of sp³-hybridized carbons (Fsp3) is 0.889. The molecule has 4 heteroatoms. The van der Waals surface area contributed by atoms with E-state index in [2.05, 4.69) is 20.8 Å². The topological polar surface area (TPSA) is 46.6 Å². The molecule has 4 nitrogen and oxygen atoms in total. The molecular formula is C18H33NO3. The highest BCUT2D eigenvalue weighted by molar-refractivity contribution is 5.79. The van der Waals surface area contributed by atoms with Gasteiger partial charge in [-0.15, -0.1) is 0 Å². The van der Waals surface area contributed by atoms with Crippen molar-refractivity contribution < 1.29 is 14.3 Å². The van der Waals surface area contributed by atoms with Crippen molar-refractivity contribution in [2.75, 3.05) is 6.54 Å². The zero-order valence-corrected chi connectivity index (χ0v) is 15.6. The van der Waals surface area contributed by atoms with Crippen LogP contribution in [-0.4, -0.2) is 34.5 Å². The van der Waals surface area contributed by atoms with Crippen LogP contribution in [0.4, 0.5) is 4.79 Å². The molecule has 0 aromatic carbocycles. The lowest BCUT2D eigenvalue weighted by Gasteiger charge is -2.33. The van der Waals surface area contributed by atoms with Crippen LogP contribution in [0.1, 0.15) is 74.7 Å². The number of Topliss-reactive ketones (excluding diaryl/α,β-unsaturated/α-hetero) is 1. The van der Waals surface area contributed by atoms with E-state index in [1.807, 2.05) is 34.6 Å². The monoisotopic (exact) mass is 311 g/mol. The zero-order chi connectivity index (χ0) is 17.3. The molecule has 1 rings (SSSR count). The minimum atomic E-state index is -0.493. The van der Waals surface area contributed by atoms with E-state index in [-0.39, 0.29) is 23.0 Å². The number of nitrogens with zero attached hydrogens (tertiary/aromatic N) is 1. The molecule has 0 aromatic rings. The average Bonchev–Trinajstić information content (AvgIpc) is 2.47. The van der Waals surface area contributed by atoms with Crippen LogP contribution in [-0.2, 0) is 9.53 Å². The molecule has 1 saturated heterocycles. The van der Waals surface area contributed by atoms with Gasteiger partial charge in [0.2, 0.25) is 0 Å². The van der Waals surface area contributed by atoms with Crippen LogP contribution in [0.25, 0.3) is 0 Å². The molecule has 0 aromatic heterocycles. The summed E-state index contributed by atoms with van der Waals surface area (Å²) in [6.45, 7) is 16.6. The Morgan fingerprint density at radius 1 is 1.14 bits per heavy atom. The van der Waals surface area contributed by atoms with Gasteiger partial charge in [-0.05, 0) is 52.4 Å². The number of carbonyl (C=O) groups excluding carboxylic acids is 2. The Bertz CT molecular complexity index is 427. The van der Waals surface area contributed by atoms with Crippen LogP contribution in [0, 0.1) is 11.3 Å². The highest BCUT2D eigenvalue weighted by Crippen LogP contribution is 2.36. The van der Waals surface area contributed by atoms with Crippen LogP contribution in [0.2, 0.25) is 0 Å². The average molecular weight is 311 g/mol. The van der Waals surface area contributed by atoms with Crippen molar-refractivity contribution in [2.24, 2.45) is 11.3 Å². The number of ketones is 1. The van der Waals surface area contributed by atoms with E-state index >= 15 is 0 Å². The summed E-state index contributed by atoms with van der Waals surface area (Å²) >= 11 is 0. The summed E-state index contributed by atoms with van der Waals surface area (Å²) in [5, 5.41) is 0. The van der Waals surface area contributed by atoms with Gasteiger partial charge < -0.3 is 9.64 Å². The Hall–Kier alpha value is -1.06. The molecule has 0 spiro atoms. The van der Waals surface area contributed by atoms with Gasteiger partial charge in [0.25, 0.3) is 0 Å². The number of amides is 1. The van der Waals surface area contributed by atoms with Crippen LogP contribution in [0.15, 0.2) is 0 Å². The van der Waals surface area contributed by atoms with Crippen LogP contribution >= 0.6 is 0 Å². The fourth-order valence-corrected chi connectivity index (χ4v) is 3.15. The van der Waals surface area contributed by atoms with Gasteiger partial charge in [0.15, 0.2) is 0 Å². The lowest BCUT2D eigenvalue weighted by Crippen LogP contribution is -2.45. The summed E-state index contributed by atoms with van der Waals surface area (Å²) < 4.78 is 5.49. The maximum atomic E-state index is 12.4. The van der Waals surface area contributed by atoms with Gasteiger partial charge in [0.05, 0.1) is 0 Å². The molecule has 0 saturated carbocycles. The second-order valence-electron chi connectivity index (χ2n) is 9.45. The SMILES string of the molecule is CC(C)(C)CC(=O)C[C@@H]1CN(C(=O)OC(C)(C)C)C(C)(C)C1. The molecule has 0 radical (unpaired) electrons. The van der Waals surface area contributed by atoms with Crippen molar-refractivity contribution in [3.05, 3.63) is 0 Å². The first-order valence-electron chi connectivity index (χ1n) is 8.22. The maximum Gasteiger partial charge on any atom is 0.410 e. The minimum Gasteiger partial charge on any atom is -0.444 e. The third kappa shape index (κ3) is 5.98. The lowest BCUT2D eigenvalue weighted by atomic mass is 9.85. The number of ether oxygens (including phenoxy) is 1. The molecule has 0 N–H and O–H groups in total. The van der Waals surface area contributed by atoms with Crippen LogP contribution in [0.3, 0.4) is 0 Å². The molecule has 1 amide bonds. The van der Waals surface area contributed by atoms with E-state index in [9.17, 15) is 9.59 Å². The number of carbonyl (C=O) groups is 2. The minimum absolute atomic E-state index is 0.0239. The number of hydrogen-bond acceptors (Lipinski definition) is 3. The summed E-state index contributed by atoms with van der Waals surface area (Å²) in [6.07, 6.45) is 1.72. The second-order valence-corrected chi connectivity index (χ2v) is 9.45. The van der Waals surface area contributed by atoms with Gasteiger partial charge in [-0.2, -0.15) is 0 Å². The summed E-state index contributed by atoms with van der Waals surface area (Å²) in [5.41, 5.74) is -0.724. The number of rotatable bonds is 3. The molecule has 1 aliphatic heterocycles. The third-order valence-corrected chi connectivity index (χ3v) is 3.82. The van der Waals surface area contributed by atoms with E-state index in [4.69, 9.17) is 4.74 Å². The molecule has 0 bridgehead atoms. The maximum absolute atomic E-state index is 12.4. The van der Waals surface area contributed by atoms with Crippen LogP contribution < -0.4 is 0 Å². The van der Waals surface area contributed by atoms with Gasteiger partial charge in [-0.25, -0.2) is 4.79 Å². The number of hydrogen-bond donors (Lipinski definition) is 0. The molecule has 1 heterocycles. The van der Waals surface area contributed by atoms with E-state index in [0.717, 1.165) is 6.42 Å². The van der Waals surface area contributed by atoms with Gasteiger partial charge in [0, 0.05) is 24.9 Å². The van der Waals surface area contributed by atoms with E-state index in [1.165, 1.54) is 0 Å². The predicted molar refractivity (Wildman–Crippen MR) is 88.8 cm³/mol. The largest absolute Gasteiger partial charge is 0.444 e. The van der Waals surface area contributed by atoms with Crippen molar-refractivity contribution in [1.82, 2.24) is 4.90 Å². The molecule has 1 fully saturated rings. The Kier molecular flexibility index (Phi) is 5.36. The van der Waals surface area contributed by atoms with Crippen molar-refractivity contribution in [2.45, 2.75) is 85.8 Å². The standard InChI is InChI=1S/C18H33NO3/c1-16(2,3)11-14(20)9-13-10-18(7,8)19(12-13)15(21)22-17(4,5)6/h13H,9-12H2,1-8H3/t13-/m0/s1. The Labute approximate surface area is 135 Å².